The number of hydrogen-bond acceptors (Lipinski definition) is 6. The lowest BCUT2D eigenvalue weighted by Crippen LogP contribution is -2.14. The van der Waals surface area contributed by atoms with Crippen molar-refractivity contribution in [1.29, 1.82) is 0 Å². The summed E-state index contributed by atoms with van der Waals surface area (Å²) in [5, 5.41) is 14.0. The number of nitrogens with one attached hydrogen (secondary N) is 3. The number of rotatable bonds is 4. The second kappa shape index (κ2) is 7.08. The van der Waals surface area contributed by atoms with Gasteiger partial charge in [-0.1, -0.05) is 29.8 Å². The average Bonchev–Trinajstić information content (AvgIpc) is 3.04. The molecule has 4 rings (SSSR count). The summed E-state index contributed by atoms with van der Waals surface area (Å²) in [6.07, 6.45) is 9.05. The minimum Gasteiger partial charge on any atom is -0.368 e. The van der Waals surface area contributed by atoms with Crippen LogP contribution in [0.2, 0.25) is 5.15 Å². The van der Waals surface area contributed by atoms with Crippen LogP contribution in [0, 0.1) is 0 Å². The van der Waals surface area contributed by atoms with Gasteiger partial charge in [-0.25, -0.2) is 4.98 Å². The molecular formula is C18H16ClN7O. The van der Waals surface area contributed by atoms with Crippen molar-refractivity contribution < 1.29 is 4.79 Å². The molecule has 136 valence electrons. The summed E-state index contributed by atoms with van der Waals surface area (Å²) < 4.78 is 0. The Bertz CT molecular complexity index is 1090. The van der Waals surface area contributed by atoms with E-state index in [0.717, 1.165) is 12.8 Å². The minimum atomic E-state index is -0.199. The molecule has 0 fully saturated rings. The molecule has 5 N–H and O–H groups in total. The van der Waals surface area contributed by atoms with Gasteiger partial charge in [0.25, 0.3) is 5.91 Å². The van der Waals surface area contributed by atoms with Crippen molar-refractivity contribution in [1.82, 2.24) is 20.2 Å². The molecule has 9 heteroatoms. The van der Waals surface area contributed by atoms with E-state index in [9.17, 15) is 4.79 Å². The van der Waals surface area contributed by atoms with E-state index in [1.807, 2.05) is 24.3 Å². The first-order valence-corrected chi connectivity index (χ1v) is 8.69. The molecule has 2 aromatic heterocycles. The van der Waals surface area contributed by atoms with E-state index in [1.54, 1.807) is 18.3 Å². The number of fused-ring (bicyclic) bond motifs is 1. The van der Waals surface area contributed by atoms with E-state index in [1.165, 1.54) is 0 Å². The summed E-state index contributed by atoms with van der Waals surface area (Å²) in [5.41, 5.74) is 8.02. The van der Waals surface area contributed by atoms with Crippen LogP contribution in [0.5, 0.6) is 0 Å². The molecule has 0 aliphatic heterocycles. The average molecular weight is 382 g/mol. The topological polar surface area (TPSA) is 122 Å². The standard InChI is InChI=1S/C18H16ClN7O/c19-16-12-8-11(22-14-6-7-21-18(20)24-14)9-13(15(12)25-26-16)23-17(27)10-4-2-1-3-5-10/h2,4-9H,1,3H2,(H,23,27)(H,25,26)(H3,20,21,22,24). The lowest BCUT2D eigenvalue weighted by molar-refractivity contribution is -0.112. The molecule has 1 aliphatic carbocycles. The van der Waals surface area contributed by atoms with Gasteiger partial charge in [0.15, 0.2) is 0 Å². The molecule has 2 heterocycles. The predicted octanol–water partition coefficient (Wildman–Crippen LogP) is 3.55. The number of nitrogens with zero attached hydrogens (tertiary/aromatic N) is 3. The van der Waals surface area contributed by atoms with Crippen LogP contribution in [0.1, 0.15) is 12.8 Å². The first-order chi connectivity index (χ1) is 13.1. The number of hydrogen-bond donors (Lipinski definition) is 4. The SMILES string of the molecule is Nc1nccc(Nc2cc(NC(=O)C3=CCCC=C3)c3n[nH]c(Cl)c3c2)n1. The molecule has 3 aromatic rings. The lowest BCUT2D eigenvalue weighted by Gasteiger charge is -2.12. The van der Waals surface area contributed by atoms with Gasteiger partial charge in [-0.05, 0) is 31.0 Å². The molecule has 1 amide bonds. The number of nitrogen functional groups attached to an aromatic ring is 1. The summed E-state index contributed by atoms with van der Waals surface area (Å²) in [4.78, 5) is 20.6. The highest BCUT2D eigenvalue weighted by atomic mass is 35.5. The molecule has 1 aromatic carbocycles. The largest absolute Gasteiger partial charge is 0.368 e. The van der Waals surface area contributed by atoms with Crippen molar-refractivity contribution in [3.63, 3.8) is 0 Å². The third-order valence-electron chi connectivity index (χ3n) is 4.06. The van der Waals surface area contributed by atoms with Gasteiger partial charge in [-0.3, -0.25) is 9.89 Å². The molecule has 8 nitrogen and oxygen atoms in total. The van der Waals surface area contributed by atoms with Crippen LogP contribution in [0.15, 0.2) is 48.2 Å². The zero-order valence-corrected chi connectivity index (χ0v) is 14.9. The number of anilines is 4. The van der Waals surface area contributed by atoms with Crippen LogP contribution in [-0.2, 0) is 4.79 Å². The van der Waals surface area contributed by atoms with Gasteiger partial charge in [-0.15, -0.1) is 0 Å². The normalized spacial score (nSPS) is 13.4. The zero-order valence-electron chi connectivity index (χ0n) is 14.2. The smallest absolute Gasteiger partial charge is 0.255 e. The van der Waals surface area contributed by atoms with E-state index in [-0.39, 0.29) is 11.9 Å². The fourth-order valence-corrected chi connectivity index (χ4v) is 3.01. The molecule has 0 saturated carbocycles. The monoisotopic (exact) mass is 381 g/mol. The molecule has 0 bridgehead atoms. The molecule has 0 spiro atoms. The van der Waals surface area contributed by atoms with Crippen LogP contribution < -0.4 is 16.4 Å². The number of halogens is 1. The van der Waals surface area contributed by atoms with Crippen molar-refractivity contribution in [2.45, 2.75) is 12.8 Å². The van der Waals surface area contributed by atoms with E-state index in [4.69, 9.17) is 17.3 Å². The summed E-state index contributed by atoms with van der Waals surface area (Å²) in [7, 11) is 0. The fourth-order valence-electron chi connectivity index (χ4n) is 2.82. The highest BCUT2D eigenvalue weighted by molar-refractivity contribution is 6.35. The van der Waals surface area contributed by atoms with E-state index in [0.29, 0.717) is 38.8 Å². The molecule has 0 radical (unpaired) electrons. The van der Waals surface area contributed by atoms with Gasteiger partial charge < -0.3 is 16.4 Å². The number of benzene rings is 1. The number of carbonyl (C=O) groups excluding carboxylic acids is 1. The number of H-pyrrole nitrogens is 1. The van der Waals surface area contributed by atoms with Gasteiger partial charge in [0.2, 0.25) is 5.95 Å². The highest BCUT2D eigenvalue weighted by Crippen LogP contribution is 2.32. The first kappa shape index (κ1) is 17.0. The molecule has 1 aliphatic rings. The summed E-state index contributed by atoms with van der Waals surface area (Å²) in [5.74, 6) is 0.485. The van der Waals surface area contributed by atoms with Gasteiger partial charge in [0, 0.05) is 22.8 Å². The highest BCUT2D eigenvalue weighted by Gasteiger charge is 2.15. The quantitative estimate of drug-likeness (QED) is 0.548. The van der Waals surface area contributed by atoms with Gasteiger partial charge in [0.1, 0.15) is 16.5 Å². The van der Waals surface area contributed by atoms with Crippen molar-refractivity contribution >= 4 is 51.6 Å². The van der Waals surface area contributed by atoms with Gasteiger partial charge >= 0.3 is 0 Å². The van der Waals surface area contributed by atoms with Gasteiger partial charge in [-0.2, -0.15) is 10.1 Å². The maximum atomic E-state index is 12.6. The summed E-state index contributed by atoms with van der Waals surface area (Å²) >= 11 is 6.20. The van der Waals surface area contributed by atoms with E-state index in [2.05, 4.69) is 30.8 Å². The molecule has 0 saturated heterocycles. The van der Waals surface area contributed by atoms with Crippen molar-refractivity contribution in [2.75, 3.05) is 16.4 Å². The summed E-state index contributed by atoms with van der Waals surface area (Å²) in [6, 6.07) is 5.27. The Morgan fingerprint density at radius 2 is 2.19 bits per heavy atom. The van der Waals surface area contributed by atoms with Crippen molar-refractivity contribution in [3.8, 4) is 0 Å². The van der Waals surface area contributed by atoms with E-state index >= 15 is 0 Å². The lowest BCUT2D eigenvalue weighted by atomic mass is 10.1. The predicted molar refractivity (Wildman–Crippen MR) is 106 cm³/mol. The van der Waals surface area contributed by atoms with Gasteiger partial charge in [0.05, 0.1) is 5.69 Å². The minimum absolute atomic E-state index is 0.159. The maximum Gasteiger partial charge on any atom is 0.255 e. The maximum absolute atomic E-state index is 12.6. The number of carbonyl (C=O) groups is 1. The van der Waals surface area contributed by atoms with Crippen LogP contribution >= 0.6 is 11.6 Å². The third-order valence-corrected chi connectivity index (χ3v) is 4.35. The Hall–Kier alpha value is -3.39. The molecule has 0 atom stereocenters. The third kappa shape index (κ3) is 3.61. The first-order valence-electron chi connectivity index (χ1n) is 8.31. The second-order valence-electron chi connectivity index (χ2n) is 5.98. The second-order valence-corrected chi connectivity index (χ2v) is 6.35. The fraction of sp³-hybridized carbons (Fsp3) is 0.111. The van der Waals surface area contributed by atoms with Crippen molar-refractivity contribution in [2.24, 2.45) is 0 Å². The molecule has 27 heavy (non-hydrogen) atoms. The number of aromatic nitrogens is 4. The number of nitrogens with two attached hydrogens (primary N) is 1. The van der Waals surface area contributed by atoms with Crippen LogP contribution in [0.3, 0.4) is 0 Å². The van der Waals surface area contributed by atoms with E-state index < -0.39 is 0 Å². The number of allylic oxidation sites excluding steroid dienone is 2. The Labute approximate surface area is 159 Å². The summed E-state index contributed by atoms with van der Waals surface area (Å²) in [6.45, 7) is 0. The Morgan fingerprint density at radius 1 is 1.30 bits per heavy atom. The Morgan fingerprint density at radius 3 is 2.96 bits per heavy atom. The Kier molecular flexibility index (Phi) is 4.47. The number of amides is 1. The Balaban J connectivity index is 1.69. The number of aromatic amines is 1. The van der Waals surface area contributed by atoms with Crippen LogP contribution in [-0.4, -0.2) is 26.1 Å². The molecular weight excluding hydrogens is 366 g/mol. The molecule has 0 unspecified atom stereocenters. The zero-order chi connectivity index (χ0) is 18.8. The van der Waals surface area contributed by atoms with Crippen molar-refractivity contribution in [3.05, 3.63) is 53.4 Å². The van der Waals surface area contributed by atoms with Crippen LogP contribution in [0.25, 0.3) is 10.9 Å². The van der Waals surface area contributed by atoms with Crippen LogP contribution in [0.4, 0.5) is 23.1 Å².